The topological polar surface area (TPSA) is 171 Å². The summed E-state index contributed by atoms with van der Waals surface area (Å²) in [4.78, 5) is 46.8. The maximum atomic E-state index is 13.3. The maximum absolute atomic E-state index is 13.3. The van der Waals surface area contributed by atoms with Crippen LogP contribution in [0.15, 0.2) is 99.2 Å². The van der Waals surface area contributed by atoms with E-state index in [1.54, 1.807) is 33.0 Å². The van der Waals surface area contributed by atoms with Crippen molar-refractivity contribution in [1.82, 2.24) is 19.7 Å². The zero-order valence-electron chi connectivity index (χ0n) is 28.4. The zero-order valence-corrected chi connectivity index (χ0v) is 28.4. The fourth-order valence-corrected chi connectivity index (χ4v) is 7.42. The monoisotopic (exact) mass is 695 g/mol. The van der Waals surface area contributed by atoms with Gasteiger partial charge in [0.05, 0.1) is 39.8 Å². The van der Waals surface area contributed by atoms with E-state index in [2.05, 4.69) is 15.1 Å². The Morgan fingerprint density at radius 3 is 2.12 bits per heavy atom. The number of benzene rings is 3. The van der Waals surface area contributed by atoms with Crippen LogP contribution in [0, 0.1) is 19.8 Å². The van der Waals surface area contributed by atoms with Crippen molar-refractivity contribution < 1.29 is 33.4 Å². The molecule has 2 bridgehead atoms. The zero-order chi connectivity index (χ0) is 35.9. The highest BCUT2D eigenvalue weighted by Crippen LogP contribution is 2.54. The molecule has 2 N–H and O–H groups in total. The molecule has 2 aliphatic rings. The number of rotatable bonds is 12. The summed E-state index contributed by atoms with van der Waals surface area (Å²) in [6.07, 6.45) is 0.0570. The van der Waals surface area contributed by atoms with Crippen LogP contribution in [0.3, 0.4) is 0 Å². The molecular formula is C37H37N5O9. The molecule has 0 saturated carbocycles. The second kappa shape index (κ2) is 13.2. The van der Waals surface area contributed by atoms with Gasteiger partial charge in [-0.15, -0.1) is 0 Å². The van der Waals surface area contributed by atoms with Gasteiger partial charge in [-0.2, -0.15) is 4.98 Å². The fourth-order valence-electron chi connectivity index (χ4n) is 7.42. The molecule has 14 nitrogen and oxygen atoms in total. The first-order chi connectivity index (χ1) is 24.6. The standard InChI is InChI=1S/C37H37N5O9/c1-22-19-41(35(46)39-32(22)45)33-31-29(18-30(43)44)36(50-33,20-42(31)34-38-23(2)51-40-34)21-49-37(24-8-6-5-7-9-24,25-10-14-27(47-3)15-11-25)26-12-16-28(48-4)17-13-26/h5-17,19,29,31,33H,18,20-21H2,1-4H3,(H,43,44)(H,39,45,46)/t29-,31+,33+,36+/m0/s1. The first-order valence-corrected chi connectivity index (χ1v) is 16.4. The van der Waals surface area contributed by atoms with Crippen molar-refractivity contribution >= 4 is 11.9 Å². The highest BCUT2D eigenvalue weighted by Gasteiger charge is 2.66. The van der Waals surface area contributed by atoms with E-state index >= 15 is 0 Å². The Balaban J connectivity index is 1.41. The average Bonchev–Trinajstić information content (AvgIpc) is 3.80. The van der Waals surface area contributed by atoms with E-state index in [-0.39, 0.29) is 31.1 Å². The van der Waals surface area contributed by atoms with Gasteiger partial charge in [-0.3, -0.25) is 19.1 Å². The molecule has 4 atom stereocenters. The first kappa shape index (κ1) is 33.8. The molecule has 5 aromatic rings. The van der Waals surface area contributed by atoms with Crippen molar-refractivity contribution in [2.75, 3.05) is 32.3 Å². The van der Waals surface area contributed by atoms with Gasteiger partial charge >= 0.3 is 11.7 Å². The Morgan fingerprint density at radius 1 is 0.961 bits per heavy atom. The second-order valence-electron chi connectivity index (χ2n) is 12.8. The number of aromatic amines is 1. The minimum Gasteiger partial charge on any atom is -0.497 e. The minimum atomic E-state index is -1.31. The van der Waals surface area contributed by atoms with Crippen molar-refractivity contribution in [3.05, 3.63) is 134 Å². The molecule has 0 amide bonds. The lowest BCUT2D eigenvalue weighted by Crippen LogP contribution is -2.51. The van der Waals surface area contributed by atoms with Crippen molar-refractivity contribution in [2.24, 2.45) is 5.92 Å². The molecule has 2 fully saturated rings. The van der Waals surface area contributed by atoms with Crippen molar-refractivity contribution in [2.45, 2.75) is 43.7 Å². The number of anilines is 1. The molecule has 2 aliphatic heterocycles. The molecule has 264 valence electrons. The number of methoxy groups -OCH3 is 2. The summed E-state index contributed by atoms with van der Waals surface area (Å²) in [5.74, 6) is 0.0570. The van der Waals surface area contributed by atoms with Gasteiger partial charge in [-0.1, -0.05) is 54.6 Å². The van der Waals surface area contributed by atoms with Crippen molar-refractivity contribution in [3.8, 4) is 11.5 Å². The van der Waals surface area contributed by atoms with E-state index in [9.17, 15) is 19.5 Å². The van der Waals surface area contributed by atoms with Crippen molar-refractivity contribution in [3.63, 3.8) is 0 Å². The fraction of sp³-hybridized carbons (Fsp3) is 0.324. The molecule has 0 unspecified atom stereocenters. The lowest BCUT2D eigenvalue weighted by Gasteiger charge is -2.41. The highest BCUT2D eigenvalue weighted by atomic mass is 16.6. The molecular weight excluding hydrogens is 658 g/mol. The van der Waals surface area contributed by atoms with E-state index in [4.69, 9.17) is 23.5 Å². The molecule has 2 saturated heterocycles. The number of nitrogens with one attached hydrogen (secondary N) is 1. The van der Waals surface area contributed by atoms with Crippen LogP contribution in [0.2, 0.25) is 0 Å². The third-order valence-electron chi connectivity index (χ3n) is 9.83. The van der Waals surface area contributed by atoms with E-state index in [1.165, 1.54) is 10.8 Å². The molecule has 4 heterocycles. The number of ether oxygens (including phenoxy) is 4. The number of hydrogen-bond donors (Lipinski definition) is 2. The summed E-state index contributed by atoms with van der Waals surface area (Å²) in [7, 11) is 3.19. The van der Waals surface area contributed by atoms with E-state index in [1.807, 2.05) is 78.9 Å². The summed E-state index contributed by atoms with van der Waals surface area (Å²) < 4.78 is 31.7. The molecule has 2 aromatic heterocycles. The van der Waals surface area contributed by atoms with Crippen LogP contribution in [0.1, 0.15) is 40.8 Å². The lowest BCUT2D eigenvalue weighted by atomic mass is 9.79. The Bertz CT molecular complexity index is 2100. The van der Waals surface area contributed by atoms with E-state index < -0.39 is 46.6 Å². The number of hydrogen-bond acceptors (Lipinski definition) is 11. The van der Waals surface area contributed by atoms with Crippen LogP contribution in [0.25, 0.3) is 0 Å². The Labute approximate surface area is 292 Å². The maximum Gasteiger partial charge on any atom is 0.330 e. The van der Waals surface area contributed by atoms with Crippen LogP contribution in [0.5, 0.6) is 11.5 Å². The largest absolute Gasteiger partial charge is 0.497 e. The number of H-pyrrole nitrogens is 1. The number of fused-ring (bicyclic) bond motifs is 2. The predicted octanol–water partition coefficient (Wildman–Crippen LogP) is 3.81. The first-order valence-electron chi connectivity index (χ1n) is 16.4. The summed E-state index contributed by atoms with van der Waals surface area (Å²) in [5.41, 5.74) is -1.17. The summed E-state index contributed by atoms with van der Waals surface area (Å²) in [5, 5.41) is 14.4. The second-order valence-corrected chi connectivity index (χ2v) is 12.8. The van der Waals surface area contributed by atoms with Gasteiger partial charge < -0.3 is 33.5 Å². The van der Waals surface area contributed by atoms with Crippen LogP contribution >= 0.6 is 0 Å². The predicted molar refractivity (Wildman–Crippen MR) is 183 cm³/mol. The van der Waals surface area contributed by atoms with E-state index in [0.29, 0.717) is 17.4 Å². The number of aliphatic carboxylic acids is 1. The van der Waals surface area contributed by atoms with Gasteiger partial charge in [0.15, 0.2) is 6.23 Å². The summed E-state index contributed by atoms with van der Waals surface area (Å²) in [6, 6.07) is 24.0. The van der Waals surface area contributed by atoms with E-state index in [0.717, 1.165) is 16.7 Å². The number of morpholine rings is 1. The molecule has 7 rings (SSSR count). The Hall–Kier alpha value is -5.73. The lowest BCUT2D eigenvalue weighted by molar-refractivity contribution is -0.156. The van der Waals surface area contributed by atoms with Crippen LogP contribution < -0.4 is 25.6 Å². The minimum absolute atomic E-state index is 0.123. The van der Waals surface area contributed by atoms with Gasteiger partial charge in [0.2, 0.25) is 5.89 Å². The quantitative estimate of drug-likeness (QED) is 0.181. The summed E-state index contributed by atoms with van der Waals surface area (Å²) in [6.45, 7) is 3.22. The van der Waals surface area contributed by atoms with Crippen molar-refractivity contribution in [1.29, 1.82) is 0 Å². The number of aryl methyl sites for hydroxylation is 2. The Morgan fingerprint density at radius 2 is 1.57 bits per heavy atom. The van der Waals surface area contributed by atoms with Gasteiger partial charge in [0, 0.05) is 24.6 Å². The number of carboxylic acids is 1. The molecule has 51 heavy (non-hydrogen) atoms. The van der Waals surface area contributed by atoms with Gasteiger partial charge in [-0.05, 0) is 53.0 Å². The molecule has 3 aromatic carbocycles. The SMILES string of the molecule is COc1ccc(C(OC[C@@]23CN(c4noc(C)n4)[C@@H]([C@H](n4cc(C)c(=O)[nH]c4=O)O2)[C@@H]3CC(=O)O)(c2ccccc2)c2ccc(OC)cc2)cc1. The average molecular weight is 696 g/mol. The van der Waals surface area contributed by atoms with Gasteiger partial charge in [0.25, 0.3) is 11.5 Å². The molecule has 0 spiro atoms. The number of nitrogens with zero attached hydrogens (tertiary/aromatic N) is 4. The third-order valence-corrected chi connectivity index (χ3v) is 9.83. The van der Waals surface area contributed by atoms with Gasteiger partial charge in [-0.25, -0.2) is 4.79 Å². The highest BCUT2D eigenvalue weighted by molar-refractivity contribution is 5.68. The Kier molecular flexibility index (Phi) is 8.73. The van der Waals surface area contributed by atoms with Gasteiger partial charge in [0.1, 0.15) is 22.7 Å². The normalized spacial score (nSPS) is 21.2. The molecule has 0 aliphatic carbocycles. The van der Waals surface area contributed by atoms with Crippen LogP contribution in [-0.4, -0.2) is 69.8 Å². The van der Waals surface area contributed by atoms with Crippen LogP contribution in [-0.2, 0) is 19.9 Å². The number of carboxylic acid groups (broad SMARTS) is 1. The smallest absolute Gasteiger partial charge is 0.330 e. The number of aromatic nitrogens is 4. The van der Waals surface area contributed by atoms with Crippen LogP contribution in [0.4, 0.5) is 5.95 Å². The summed E-state index contributed by atoms with van der Waals surface area (Å²) >= 11 is 0. The molecule has 0 radical (unpaired) electrons. The third kappa shape index (κ3) is 5.85. The number of carbonyl (C=O) groups is 1. The molecule has 14 heteroatoms.